The highest BCUT2D eigenvalue weighted by Gasteiger charge is 2.11. The van der Waals surface area contributed by atoms with Crippen LogP contribution < -0.4 is 10.5 Å². The van der Waals surface area contributed by atoms with Crippen molar-refractivity contribution >= 4 is 5.82 Å². The van der Waals surface area contributed by atoms with Gasteiger partial charge in [-0.3, -0.25) is 0 Å². The molecular formula is C10H17N3O2. The Labute approximate surface area is 89.6 Å². The van der Waals surface area contributed by atoms with E-state index in [0.717, 1.165) is 5.56 Å². The number of nitrogens with zero attached hydrogens (tertiary/aromatic N) is 2. The molecule has 5 nitrogen and oxygen atoms in total. The van der Waals surface area contributed by atoms with Crippen molar-refractivity contribution in [1.29, 1.82) is 0 Å². The van der Waals surface area contributed by atoms with Crippen LogP contribution in [0, 0.1) is 13.8 Å². The molecule has 15 heavy (non-hydrogen) atoms. The van der Waals surface area contributed by atoms with Crippen LogP contribution in [0.15, 0.2) is 0 Å². The first kappa shape index (κ1) is 11.7. The molecule has 1 rings (SSSR count). The Morgan fingerprint density at radius 1 is 1.33 bits per heavy atom. The zero-order chi connectivity index (χ0) is 11.4. The molecule has 2 N–H and O–H groups in total. The van der Waals surface area contributed by atoms with E-state index >= 15 is 0 Å². The molecule has 0 amide bonds. The molecule has 0 radical (unpaired) electrons. The lowest BCUT2D eigenvalue weighted by Gasteiger charge is -2.15. The van der Waals surface area contributed by atoms with Gasteiger partial charge >= 0.3 is 0 Å². The smallest absolute Gasteiger partial charge is 0.222 e. The Hall–Kier alpha value is -1.36. The van der Waals surface area contributed by atoms with Crippen molar-refractivity contribution in [2.75, 3.05) is 19.5 Å². The van der Waals surface area contributed by atoms with E-state index in [-0.39, 0.29) is 6.10 Å². The second kappa shape index (κ2) is 4.93. The highest BCUT2D eigenvalue weighted by atomic mass is 16.5. The maximum Gasteiger partial charge on any atom is 0.222 e. The quantitative estimate of drug-likeness (QED) is 0.807. The fourth-order valence-electron chi connectivity index (χ4n) is 1.20. The van der Waals surface area contributed by atoms with Gasteiger partial charge in [0.2, 0.25) is 5.88 Å². The van der Waals surface area contributed by atoms with E-state index in [4.69, 9.17) is 15.2 Å². The maximum atomic E-state index is 5.71. The number of ether oxygens (including phenoxy) is 2. The second-order valence-corrected chi connectivity index (χ2v) is 3.47. The first-order chi connectivity index (χ1) is 7.04. The van der Waals surface area contributed by atoms with E-state index < -0.39 is 0 Å². The summed E-state index contributed by atoms with van der Waals surface area (Å²) in [7, 11) is 1.63. The van der Waals surface area contributed by atoms with Crippen LogP contribution in [0.4, 0.5) is 5.82 Å². The van der Waals surface area contributed by atoms with Gasteiger partial charge in [-0.2, -0.15) is 4.98 Å². The Morgan fingerprint density at radius 2 is 2.00 bits per heavy atom. The largest absolute Gasteiger partial charge is 0.472 e. The molecule has 1 aromatic heterocycles. The van der Waals surface area contributed by atoms with Gasteiger partial charge in [-0.15, -0.1) is 0 Å². The van der Waals surface area contributed by atoms with Gasteiger partial charge in [-0.1, -0.05) is 0 Å². The van der Waals surface area contributed by atoms with E-state index in [2.05, 4.69) is 9.97 Å². The van der Waals surface area contributed by atoms with Crippen LogP contribution in [0.3, 0.4) is 0 Å². The molecule has 0 aromatic carbocycles. The molecule has 1 unspecified atom stereocenters. The Bertz CT molecular complexity index is 342. The summed E-state index contributed by atoms with van der Waals surface area (Å²) in [6.45, 7) is 6.05. The average Bonchev–Trinajstić information content (AvgIpc) is 2.13. The van der Waals surface area contributed by atoms with Crippen LogP contribution >= 0.6 is 0 Å². The molecule has 0 spiro atoms. The molecule has 0 aliphatic heterocycles. The topological polar surface area (TPSA) is 70.3 Å². The first-order valence-corrected chi connectivity index (χ1v) is 4.81. The molecule has 1 atom stereocenters. The number of rotatable bonds is 4. The van der Waals surface area contributed by atoms with Gasteiger partial charge in [-0.25, -0.2) is 4.98 Å². The Morgan fingerprint density at radius 3 is 2.60 bits per heavy atom. The molecule has 0 saturated heterocycles. The third kappa shape index (κ3) is 3.06. The highest BCUT2D eigenvalue weighted by molar-refractivity contribution is 5.44. The molecule has 0 fully saturated rings. The van der Waals surface area contributed by atoms with Crippen LogP contribution in [-0.4, -0.2) is 29.8 Å². The molecule has 0 bridgehead atoms. The molecule has 1 heterocycles. The molecule has 84 valence electrons. The van der Waals surface area contributed by atoms with Crippen molar-refractivity contribution in [3.63, 3.8) is 0 Å². The first-order valence-electron chi connectivity index (χ1n) is 4.81. The fourth-order valence-corrected chi connectivity index (χ4v) is 1.20. The number of aryl methyl sites for hydroxylation is 1. The van der Waals surface area contributed by atoms with Crippen LogP contribution in [0.5, 0.6) is 5.88 Å². The van der Waals surface area contributed by atoms with Gasteiger partial charge < -0.3 is 15.2 Å². The van der Waals surface area contributed by atoms with Crippen molar-refractivity contribution in [2.45, 2.75) is 26.9 Å². The van der Waals surface area contributed by atoms with Gasteiger partial charge in [0.15, 0.2) is 0 Å². The minimum Gasteiger partial charge on any atom is -0.472 e. The molecular weight excluding hydrogens is 194 g/mol. The summed E-state index contributed by atoms with van der Waals surface area (Å²) in [4.78, 5) is 8.23. The fraction of sp³-hybridized carbons (Fsp3) is 0.600. The van der Waals surface area contributed by atoms with E-state index in [0.29, 0.717) is 24.1 Å². The minimum absolute atomic E-state index is 0.0533. The third-order valence-electron chi connectivity index (χ3n) is 1.96. The summed E-state index contributed by atoms with van der Waals surface area (Å²) in [5, 5.41) is 0. The number of methoxy groups -OCH3 is 1. The lowest BCUT2D eigenvalue weighted by molar-refractivity contribution is 0.0883. The van der Waals surface area contributed by atoms with Crippen LogP contribution in [0.25, 0.3) is 0 Å². The summed E-state index contributed by atoms with van der Waals surface area (Å²) >= 11 is 0. The van der Waals surface area contributed by atoms with Crippen LogP contribution in [-0.2, 0) is 4.74 Å². The van der Waals surface area contributed by atoms with Crippen LogP contribution in [0.2, 0.25) is 0 Å². The number of anilines is 1. The zero-order valence-corrected chi connectivity index (χ0v) is 9.57. The lowest BCUT2D eigenvalue weighted by atomic mass is 10.3. The van der Waals surface area contributed by atoms with Gasteiger partial charge in [0, 0.05) is 7.11 Å². The second-order valence-electron chi connectivity index (χ2n) is 3.47. The summed E-state index contributed by atoms with van der Waals surface area (Å²) in [6, 6.07) is 0. The van der Waals surface area contributed by atoms with Crippen LogP contribution in [0.1, 0.15) is 18.3 Å². The maximum absolute atomic E-state index is 5.71. The number of nitrogens with two attached hydrogens (primary N) is 1. The summed E-state index contributed by atoms with van der Waals surface area (Å²) in [6.07, 6.45) is -0.0533. The summed E-state index contributed by atoms with van der Waals surface area (Å²) in [5.41, 5.74) is 6.48. The number of hydrogen-bond donors (Lipinski definition) is 1. The summed E-state index contributed by atoms with van der Waals surface area (Å²) < 4.78 is 10.6. The summed E-state index contributed by atoms with van der Waals surface area (Å²) in [5.74, 6) is 1.60. The number of hydrogen-bond acceptors (Lipinski definition) is 5. The van der Waals surface area contributed by atoms with E-state index in [9.17, 15) is 0 Å². The standard InChI is InChI=1S/C10H17N3O2/c1-6(5-14-4)15-10-7(2)9(11)12-8(3)13-10/h6H,5H2,1-4H3,(H2,11,12,13). The molecule has 0 saturated carbocycles. The molecule has 0 aliphatic carbocycles. The van der Waals surface area contributed by atoms with Crippen molar-refractivity contribution in [3.05, 3.63) is 11.4 Å². The number of aromatic nitrogens is 2. The average molecular weight is 211 g/mol. The normalized spacial score (nSPS) is 12.5. The van der Waals surface area contributed by atoms with Crippen molar-refractivity contribution in [1.82, 2.24) is 9.97 Å². The SMILES string of the molecule is COCC(C)Oc1nc(C)nc(N)c1C. The van der Waals surface area contributed by atoms with Gasteiger partial charge in [0.05, 0.1) is 12.2 Å². The highest BCUT2D eigenvalue weighted by Crippen LogP contribution is 2.20. The van der Waals surface area contributed by atoms with Gasteiger partial charge in [0.1, 0.15) is 17.7 Å². The lowest BCUT2D eigenvalue weighted by Crippen LogP contribution is -2.20. The molecule has 0 aliphatic rings. The number of nitrogen functional groups attached to an aromatic ring is 1. The predicted octanol–water partition coefficient (Wildman–Crippen LogP) is 1.09. The molecule has 5 heteroatoms. The van der Waals surface area contributed by atoms with Crippen molar-refractivity contribution < 1.29 is 9.47 Å². The zero-order valence-electron chi connectivity index (χ0n) is 9.57. The van der Waals surface area contributed by atoms with E-state index in [1.807, 2.05) is 13.8 Å². The van der Waals surface area contributed by atoms with Crippen molar-refractivity contribution in [3.8, 4) is 5.88 Å². The predicted molar refractivity (Wildman–Crippen MR) is 57.9 cm³/mol. The Balaban J connectivity index is 2.84. The van der Waals surface area contributed by atoms with E-state index in [1.54, 1.807) is 14.0 Å². The van der Waals surface area contributed by atoms with Gasteiger partial charge in [0.25, 0.3) is 0 Å². The van der Waals surface area contributed by atoms with Gasteiger partial charge in [-0.05, 0) is 20.8 Å². The monoisotopic (exact) mass is 211 g/mol. The van der Waals surface area contributed by atoms with E-state index in [1.165, 1.54) is 0 Å². The third-order valence-corrected chi connectivity index (χ3v) is 1.96. The van der Waals surface area contributed by atoms with Crippen molar-refractivity contribution in [2.24, 2.45) is 0 Å². The molecule has 1 aromatic rings. The minimum atomic E-state index is -0.0533. The Kier molecular flexibility index (Phi) is 3.85.